The van der Waals surface area contributed by atoms with Gasteiger partial charge in [0.2, 0.25) is 5.91 Å². The van der Waals surface area contributed by atoms with E-state index < -0.39 is 0 Å². The fourth-order valence-corrected chi connectivity index (χ4v) is 1.44. The maximum Gasteiger partial charge on any atom is 0.250 e. The van der Waals surface area contributed by atoms with Gasteiger partial charge in [-0.05, 0) is 31.2 Å². The van der Waals surface area contributed by atoms with E-state index in [4.69, 9.17) is 19.9 Å². The van der Waals surface area contributed by atoms with Gasteiger partial charge in [-0.2, -0.15) is 0 Å². The lowest BCUT2D eigenvalue weighted by molar-refractivity contribution is -0.121. The summed E-state index contributed by atoms with van der Waals surface area (Å²) in [5.74, 6) is 0.526. The molecule has 0 saturated carbocycles. The Hall–Kier alpha value is -1.34. The summed E-state index contributed by atoms with van der Waals surface area (Å²) in [6, 6.07) is 7.09. The number of nitrogens with one attached hydrogen (secondary N) is 1. The van der Waals surface area contributed by atoms with Crippen molar-refractivity contribution >= 4 is 24.0 Å². The molecule has 0 bridgehead atoms. The average molecular weight is 319 g/mol. The Kier molecular flexibility index (Phi) is 11.6. The Morgan fingerprint density at radius 1 is 1.14 bits per heavy atom. The summed E-state index contributed by atoms with van der Waals surface area (Å²) in [7, 11) is 0. The predicted octanol–water partition coefficient (Wildman–Crippen LogP) is 1.44. The second kappa shape index (κ2) is 12.4. The molecule has 1 amide bonds. The van der Waals surface area contributed by atoms with Crippen LogP contribution in [0.2, 0.25) is 0 Å². The summed E-state index contributed by atoms with van der Waals surface area (Å²) in [6.07, 6.45) is 0. The monoisotopic (exact) mass is 318 g/mol. The third-order valence-corrected chi connectivity index (χ3v) is 2.33. The minimum atomic E-state index is -0.197. The lowest BCUT2D eigenvalue weighted by Gasteiger charge is -2.08. The van der Waals surface area contributed by atoms with Crippen LogP contribution in [0.5, 0.6) is 5.75 Å². The molecule has 0 unspecified atom stereocenters. The van der Waals surface area contributed by atoms with Crippen molar-refractivity contribution < 1.29 is 19.0 Å². The van der Waals surface area contributed by atoms with Crippen LogP contribution in [0.15, 0.2) is 24.3 Å². The van der Waals surface area contributed by atoms with E-state index >= 15 is 0 Å². The zero-order chi connectivity index (χ0) is 14.6. The van der Waals surface area contributed by atoms with Crippen LogP contribution in [0.25, 0.3) is 0 Å². The Balaban J connectivity index is 0.00000400. The van der Waals surface area contributed by atoms with Gasteiger partial charge in [0, 0.05) is 18.8 Å². The molecule has 120 valence electrons. The van der Waals surface area contributed by atoms with Crippen molar-refractivity contribution in [1.82, 2.24) is 0 Å². The topological polar surface area (TPSA) is 82.8 Å². The van der Waals surface area contributed by atoms with Crippen LogP contribution in [-0.2, 0) is 14.3 Å². The van der Waals surface area contributed by atoms with Crippen molar-refractivity contribution in [3.63, 3.8) is 0 Å². The van der Waals surface area contributed by atoms with Gasteiger partial charge in [-0.3, -0.25) is 4.79 Å². The van der Waals surface area contributed by atoms with Gasteiger partial charge in [0.05, 0.1) is 13.2 Å². The van der Waals surface area contributed by atoms with Crippen molar-refractivity contribution in [2.24, 2.45) is 5.73 Å². The standard InChI is InChI=1S/C14H22N2O4.ClH/c1-2-18-9-10-19-11-14(17)16-12-3-5-13(6-4-12)20-8-7-15;/h3-6H,2,7-11,15H2,1H3,(H,16,17);1H. The molecule has 1 rings (SSSR count). The number of carbonyl (C=O) groups excluding carboxylic acids is 1. The molecule has 6 nitrogen and oxygen atoms in total. The van der Waals surface area contributed by atoms with E-state index in [1.54, 1.807) is 24.3 Å². The molecule has 0 spiro atoms. The molecule has 7 heteroatoms. The zero-order valence-electron chi connectivity index (χ0n) is 12.2. The number of hydrogen-bond acceptors (Lipinski definition) is 5. The number of hydrogen-bond donors (Lipinski definition) is 2. The number of halogens is 1. The van der Waals surface area contributed by atoms with Gasteiger partial charge in [-0.25, -0.2) is 0 Å². The van der Waals surface area contributed by atoms with Gasteiger partial charge in [0.15, 0.2) is 0 Å². The molecule has 0 saturated heterocycles. The lowest BCUT2D eigenvalue weighted by Crippen LogP contribution is -2.19. The first kappa shape index (κ1) is 19.7. The molecule has 0 aromatic heterocycles. The van der Waals surface area contributed by atoms with Gasteiger partial charge in [-0.15, -0.1) is 12.4 Å². The molecule has 0 aliphatic heterocycles. The highest BCUT2D eigenvalue weighted by atomic mass is 35.5. The van der Waals surface area contributed by atoms with Crippen LogP contribution in [-0.4, -0.2) is 45.5 Å². The van der Waals surface area contributed by atoms with E-state index in [0.717, 1.165) is 5.75 Å². The highest BCUT2D eigenvalue weighted by molar-refractivity contribution is 5.91. The maximum absolute atomic E-state index is 11.6. The lowest BCUT2D eigenvalue weighted by atomic mass is 10.3. The molecule has 21 heavy (non-hydrogen) atoms. The highest BCUT2D eigenvalue weighted by Crippen LogP contribution is 2.15. The molecule has 1 aromatic carbocycles. The maximum atomic E-state index is 11.6. The molecular formula is C14H23ClN2O4. The zero-order valence-corrected chi connectivity index (χ0v) is 13.0. The van der Waals surface area contributed by atoms with E-state index in [1.165, 1.54) is 0 Å². The quantitative estimate of drug-likeness (QED) is 0.638. The van der Waals surface area contributed by atoms with Gasteiger partial charge >= 0.3 is 0 Å². The van der Waals surface area contributed by atoms with Gasteiger partial charge in [-0.1, -0.05) is 0 Å². The van der Waals surface area contributed by atoms with Crippen LogP contribution in [0.3, 0.4) is 0 Å². The average Bonchev–Trinajstić information content (AvgIpc) is 2.46. The first-order valence-electron chi connectivity index (χ1n) is 6.64. The Morgan fingerprint density at radius 3 is 2.43 bits per heavy atom. The largest absolute Gasteiger partial charge is 0.492 e. The molecule has 3 N–H and O–H groups in total. The minimum absolute atomic E-state index is 0. The molecule has 0 radical (unpaired) electrons. The van der Waals surface area contributed by atoms with Crippen molar-refractivity contribution in [1.29, 1.82) is 0 Å². The summed E-state index contributed by atoms with van der Waals surface area (Å²) < 4.78 is 15.6. The molecule has 0 atom stereocenters. The summed E-state index contributed by atoms with van der Waals surface area (Å²) in [6.45, 7) is 4.42. The normalized spacial score (nSPS) is 9.81. The van der Waals surface area contributed by atoms with Gasteiger partial charge in [0.1, 0.15) is 19.0 Å². The molecule has 0 heterocycles. The summed E-state index contributed by atoms with van der Waals surface area (Å²) >= 11 is 0. The molecular weight excluding hydrogens is 296 g/mol. The minimum Gasteiger partial charge on any atom is -0.492 e. The van der Waals surface area contributed by atoms with Gasteiger partial charge in [0.25, 0.3) is 0 Å². The van der Waals surface area contributed by atoms with E-state index in [1.807, 2.05) is 6.92 Å². The highest BCUT2D eigenvalue weighted by Gasteiger charge is 2.02. The predicted molar refractivity (Wildman–Crippen MR) is 84.2 cm³/mol. The first-order valence-corrected chi connectivity index (χ1v) is 6.64. The fourth-order valence-electron chi connectivity index (χ4n) is 1.44. The number of ether oxygens (including phenoxy) is 3. The first-order chi connectivity index (χ1) is 9.76. The Bertz CT molecular complexity index is 387. The molecule has 0 fully saturated rings. The molecule has 1 aromatic rings. The Morgan fingerprint density at radius 2 is 1.81 bits per heavy atom. The second-order valence-electron chi connectivity index (χ2n) is 3.96. The third kappa shape index (κ3) is 9.25. The van der Waals surface area contributed by atoms with E-state index in [9.17, 15) is 4.79 Å². The number of rotatable bonds is 10. The SMILES string of the molecule is CCOCCOCC(=O)Nc1ccc(OCCN)cc1.Cl. The number of nitrogens with two attached hydrogens (primary N) is 1. The fraction of sp³-hybridized carbons (Fsp3) is 0.500. The number of amides is 1. The van der Waals surface area contributed by atoms with Crippen LogP contribution in [0.1, 0.15) is 6.92 Å². The van der Waals surface area contributed by atoms with Crippen LogP contribution >= 0.6 is 12.4 Å². The van der Waals surface area contributed by atoms with Crippen molar-refractivity contribution in [2.45, 2.75) is 6.92 Å². The van der Waals surface area contributed by atoms with Crippen LogP contribution in [0, 0.1) is 0 Å². The third-order valence-electron chi connectivity index (χ3n) is 2.33. The van der Waals surface area contributed by atoms with Crippen LogP contribution < -0.4 is 15.8 Å². The van der Waals surface area contributed by atoms with Crippen molar-refractivity contribution in [3.8, 4) is 5.75 Å². The Labute approximate surface area is 131 Å². The van der Waals surface area contributed by atoms with E-state index in [-0.39, 0.29) is 24.9 Å². The van der Waals surface area contributed by atoms with Crippen molar-refractivity contribution in [2.75, 3.05) is 44.9 Å². The summed E-state index contributed by atoms with van der Waals surface area (Å²) in [4.78, 5) is 11.6. The van der Waals surface area contributed by atoms with Gasteiger partial charge < -0.3 is 25.3 Å². The van der Waals surface area contributed by atoms with Crippen LogP contribution in [0.4, 0.5) is 5.69 Å². The number of benzene rings is 1. The molecule has 0 aliphatic carbocycles. The van der Waals surface area contributed by atoms with Crippen molar-refractivity contribution in [3.05, 3.63) is 24.3 Å². The summed E-state index contributed by atoms with van der Waals surface area (Å²) in [5, 5.41) is 2.73. The smallest absolute Gasteiger partial charge is 0.250 e. The van der Waals surface area contributed by atoms with E-state index in [2.05, 4.69) is 5.32 Å². The second-order valence-corrected chi connectivity index (χ2v) is 3.96. The molecule has 0 aliphatic rings. The number of carbonyl (C=O) groups is 1. The summed E-state index contributed by atoms with van der Waals surface area (Å²) in [5.41, 5.74) is 6.04. The number of anilines is 1. The van der Waals surface area contributed by atoms with E-state index in [0.29, 0.717) is 38.7 Å².